The second-order valence-electron chi connectivity index (χ2n) is 5.80. The summed E-state index contributed by atoms with van der Waals surface area (Å²) in [5, 5.41) is 0. The molecule has 0 fully saturated rings. The van der Waals surface area contributed by atoms with E-state index in [2.05, 4.69) is 4.72 Å². The third-order valence-electron chi connectivity index (χ3n) is 3.90. The fourth-order valence-corrected chi connectivity index (χ4v) is 3.08. The zero-order chi connectivity index (χ0) is 17.6. The highest BCUT2D eigenvalue weighted by molar-refractivity contribution is 7.87. The minimum Gasteiger partial charge on any atom is -0.497 e. The topological polar surface area (TPSA) is 58.6 Å². The van der Waals surface area contributed by atoms with Crippen molar-refractivity contribution in [2.45, 2.75) is 12.3 Å². The summed E-state index contributed by atoms with van der Waals surface area (Å²) in [7, 11) is 1.23. The molecule has 2 rings (SSSR count). The monoisotopic (exact) mass is 348 g/mol. The summed E-state index contributed by atoms with van der Waals surface area (Å²) in [5.41, 5.74) is 2.24. The van der Waals surface area contributed by atoms with Crippen LogP contribution in [0.3, 0.4) is 0 Å². The molecule has 24 heavy (non-hydrogen) atoms. The van der Waals surface area contributed by atoms with Crippen molar-refractivity contribution in [3.8, 4) is 5.75 Å². The summed E-state index contributed by atoms with van der Waals surface area (Å²) in [6.45, 7) is 0.344. The molecule has 5 nitrogen and oxygen atoms in total. The van der Waals surface area contributed by atoms with E-state index in [-0.39, 0.29) is 5.92 Å². The van der Waals surface area contributed by atoms with E-state index < -0.39 is 10.2 Å². The van der Waals surface area contributed by atoms with Crippen LogP contribution in [-0.2, 0) is 16.6 Å². The maximum absolute atomic E-state index is 12.0. The van der Waals surface area contributed by atoms with Gasteiger partial charge in [-0.1, -0.05) is 42.5 Å². The molecule has 0 bridgehead atoms. The van der Waals surface area contributed by atoms with Crippen LogP contribution in [0.15, 0.2) is 54.6 Å². The lowest BCUT2D eigenvalue weighted by Crippen LogP contribution is -2.38. The Morgan fingerprint density at radius 3 is 2.21 bits per heavy atom. The predicted molar refractivity (Wildman–Crippen MR) is 96.5 cm³/mol. The number of ether oxygens (including phenoxy) is 1. The number of benzene rings is 2. The summed E-state index contributed by atoms with van der Waals surface area (Å²) < 4.78 is 33.0. The predicted octanol–water partition coefficient (Wildman–Crippen LogP) is 2.42. The van der Waals surface area contributed by atoms with E-state index in [1.54, 1.807) is 7.11 Å². The molecule has 6 heteroatoms. The molecule has 1 atom stereocenters. The molecule has 130 valence electrons. The summed E-state index contributed by atoms with van der Waals surface area (Å²) in [5.74, 6) is 0.859. The number of nitrogens with one attached hydrogen (secondary N) is 1. The molecule has 2 aromatic rings. The van der Waals surface area contributed by atoms with Gasteiger partial charge in [-0.05, 0) is 29.7 Å². The molecule has 0 aliphatic carbocycles. The van der Waals surface area contributed by atoms with Crippen molar-refractivity contribution in [2.24, 2.45) is 0 Å². The van der Waals surface area contributed by atoms with Gasteiger partial charge in [-0.25, -0.2) is 4.72 Å². The van der Waals surface area contributed by atoms with E-state index in [1.165, 1.54) is 18.4 Å². The van der Waals surface area contributed by atoms with Crippen molar-refractivity contribution in [1.29, 1.82) is 0 Å². The van der Waals surface area contributed by atoms with Crippen LogP contribution in [-0.4, -0.2) is 40.5 Å². The Kier molecular flexibility index (Phi) is 6.36. The Labute approximate surface area is 144 Å². The lowest BCUT2D eigenvalue weighted by Gasteiger charge is -2.20. The zero-order valence-electron chi connectivity index (χ0n) is 14.3. The van der Waals surface area contributed by atoms with Gasteiger partial charge in [0.2, 0.25) is 0 Å². The third-order valence-corrected chi connectivity index (χ3v) is 5.40. The van der Waals surface area contributed by atoms with E-state index in [9.17, 15) is 8.42 Å². The van der Waals surface area contributed by atoms with Gasteiger partial charge in [-0.15, -0.1) is 0 Å². The van der Waals surface area contributed by atoms with E-state index in [4.69, 9.17) is 4.74 Å². The lowest BCUT2D eigenvalue weighted by molar-refractivity contribution is 0.414. The van der Waals surface area contributed by atoms with Crippen LogP contribution in [0.25, 0.3) is 0 Å². The first kappa shape index (κ1) is 18.4. The zero-order valence-corrected chi connectivity index (χ0v) is 15.1. The Hall–Kier alpha value is -1.89. The molecule has 0 heterocycles. The fraction of sp³-hybridized carbons (Fsp3) is 0.333. The largest absolute Gasteiger partial charge is 0.497 e. The average Bonchev–Trinajstić information content (AvgIpc) is 2.59. The summed E-state index contributed by atoms with van der Waals surface area (Å²) in [6, 6.07) is 17.8. The molecule has 0 aliphatic heterocycles. The molecule has 1 N–H and O–H groups in total. The molecule has 0 aromatic heterocycles. The molecule has 2 aromatic carbocycles. The SMILES string of the molecule is COc1ccc(CC(CNS(=O)(=O)N(C)C)c2ccccc2)cc1. The van der Waals surface area contributed by atoms with Crippen LogP contribution >= 0.6 is 0 Å². The summed E-state index contributed by atoms with van der Waals surface area (Å²) in [6.07, 6.45) is 0.740. The first-order chi connectivity index (χ1) is 11.4. The standard InChI is InChI=1S/C18H24N2O3S/c1-20(2)24(21,22)19-14-17(16-7-5-4-6-8-16)13-15-9-11-18(23-3)12-10-15/h4-12,17,19H,13-14H2,1-3H3. The molecule has 0 aliphatic rings. The quantitative estimate of drug-likeness (QED) is 0.797. The van der Waals surface area contributed by atoms with E-state index >= 15 is 0 Å². The smallest absolute Gasteiger partial charge is 0.278 e. The third kappa shape index (κ3) is 5.06. The molecule has 0 amide bonds. The first-order valence-electron chi connectivity index (χ1n) is 7.77. The Morgan fingerprint density at radius 1 is 1.04 bits per heavy atom. The molecular weight excluding hydrogens is 324 g/mol. The summed E-state index contributed by atoms with van der Waals surface area (Å²) in [4.78, 5) is 0. The number of methoxy groups -OCH3 is 1. The van der Waals surface area contributed by atoms with Crippen molar-refractivity contribution >= 4 is 10.2 Å². The number of hydrogen-bond acceptors (Lipinski definition) is 3. The van der Waals surface area contributed by atoms with Crippen molar-refractivity contribution in [3.05, 3.63) is 65.7 Å². The van der Waals surface area contributed by atoms with Crippen LogP contribution in [0, 0.1) is 0 Å². The van der Waals surface area contributed by atoms with Crippen LogP contribution in [0.1, 0.15) is 17.0 Å². The van der Waals surface area contributed by atoms with E-state index in [0.29, 0.717) is 6.54 Å². The Morgan fingerprint density at radius 2 is 1.67 bits per heavy atom. The van der Waals surface area contributed by atoms with Gasteiger partial charge in [0.1, 0.15) is 5.75 Å². The van der Waals surface area contributed by atoms with Crippen LogP contribution < -0.4 is 9.46 Å². The van der Waals surface area contributed by atoms with Crippen LogP contribution in [0.5, 0.6) is 5.75 Å². The Balaban J connectivity index is 2.17. The first-order valence-corrected chi connectivity index (χ1v) is 9.21. The van der Waals surface area contributed by atoms with Gasteiger partial charge in [0, 0.05) is 26.6 Å². The second kappa shape index (κ2) is 8.28. The highest BCUT2D eigenvalue weighted by Crippen LogP contribution is 2.22. The van der Waals surface area contributed by atoms with Gasteiger partial charge in [0.25, 0.3) is 10.2 Å². The average molecular weight is 348 g/mol. The van der Waals surface area contributed by atoms with Crippen molar-refractivity contribution in [1.82, 2.24) is 9.03 Å². The van der Waals surface area contributed by atoms with Gasteiger partial charge in [-0.3, -0.25) is 0 Å². The maximum atomic E-state index is 12.0. The van der Waals surface area contributed by atoms with Crippen LogP contribution in [0.4, 0.5) is 0 Å². The van der Waals surface area contributed by atoms with Crippen molar-refractivity contribution < 1.29 is 13.2 Å². The minimum atomic E-state index is -3.44. The van der Waals surface area contributed by atoms with Gasteiger partial charge >= 0.3 is 0 Å². The van der Waals surface area contributed by atoms with Gasteiger partial charge < -0.3 is 4.74 Å². The molecule has 0 saturated heterocycles. The van der Waals surface area contributed by atoms with Gasteiger partial charge in [0.15, 0.2) is 0 Å². The Bertz CT molecular complexity index is 729. The van der Waals surface area contributed by atoms with Gasteiger partial charge in [0.05, 0.1) is 7.11 Å². The molecule has 0 spiro atoms. The summed E-state index contributed by atoms with van der Waals surface area (Å²) >= 11 is 0. The normalized spacial score (nSPS) is 13.0. The minimum absolute atomic E-state index is 0.0503. The fourth-order valence-electron chi connectivity index (χ4n) is 2.41. The van der Waals surface area contributed by atoms with Crippen LogP contribution in [0.2, 0.25) is 0 Å². The van der Waals surface area contributed by atoms with E-state index in [1.807, 2.05) is 54.6 Å². The molecule has 0 saturated carbocycles. The van der Waals surface area contributed by atoms with Crippen molar-refractivity contribution in [2.75, 3.05) is 27.7 Å². The maximum Gasteiger partial charge on any atom is 0.278 e. The van der Waals surface area contributed by atoms with Gasteiger partial charge in [-0.2, -0.15) is 12.7 Å². The van der Waals surface area contributed by atoms with E-state index in [0.717, 1.165) is 23.3 Å². The van der Waals surface area contributed by atoms with Crippen molar-refractivity contribution in [3.63, 3.8) is 0 Å². The second-order valence-corrected chi connectivity index (χ2v) is 7.76. The molecule has 0 radical (unpaired) electrons. The molecule has 1 unspecified atom stereocenters. The highest BCUT2D eigenvalue weighted by atomic mass is 32.2. The lowest BCUT2D eigenvalue weighted by atomic mass is 9.92. The molecular formula is C18H24N2O3S. The highest BCUT2D eigenvalue weighted by Gasteiger charge is 2.18. The number of rotatable bonds is 8. The number of hydrogen-bond donors (Lipinski definition) is 1. The number of nitrogens with zero attached hydrogens (tertiary/aromatic N) is 1.